The van der Waals surface area contributed by atoms with Crippen molar-refractivity contribution in [2.24, 2.45) is 5.73 Å². The Morgan fingerprint density at radius 3 is 3.15 bits per heavy atom. The summed E-state index contributed by atoms with van der Waals surface area (Å²) in [6.45, 7) is 3.75. The van der Waals surface area contributed by atoms with Gasteiger partial charge >= 0.3 is 6.03 Å². The third kappa shape index (κ3) is 2.03. The molecule has 20 heavy (non-hydrogen) atoms. The van der Waals surface area contributed by atoms with Gasteiger partial charge in [-0.25, -0.2) is 14.2 Å². The number of amides is 2. The number of aromatic nitrogens is 1. The van der Waals surface area contributed by atoms with E-state index in [1.54, 1.807) is 11.0 Å². The standard InChI is InChI=1S/C13H15FN4OS/c1-13(7-16-4-5-18(13)12(15)19)11-17-9-6-8(14)2-3-10(9)20-11/h2-3,6,16H,4-5,7H2,1H3,(H2,15,19). The Hall–Kier alpha value is -1.73. The molecule has 2 heterocycles. The molecule has 3 rings (SSSR count). The molecule has 2 amide bonds. The molecule has 0 spiro atoms. The highest BCUT2D eigenvalue weighted by Gasteiger charge is 2.40. The first-order chi connectivity index (χ1) is 9.50. The van der Waals surface area contributed by atoms with Crippen LogP contribution < -0.4 is 11.1 Å². The SMILES string of the molecule is CC1(c2nc3cc(F)ccc3s2)CNCCN1C(N)=O. The molecule has 5 nitrogen and oxygen atoms in total. The van der Waals surface area contributed by atoms with Crippen molar-refractivity contribution in [3.05, 3.63) is 29.0 Å². The van der Waals surface area contributed by atoms with E-state index in [0.29, 0.717) is 25.2 Å². The molecule has 7 heteroatoms. The second-order valence-electron chi connectivity index (χ2n) is 5.07. The van der Waals surface area contributed by atoms with Crippen LogP contribution in [0.4, 0.5) is 9.18 Å². The Balaban J connectivity index is 2.09. The summed E-state index contributed by atoms with van der Waals surface area (Å²) in [5.74, 6) is -0.312. The Morgan fingerprint density at radius 1 is 1.60 bits per heavy atom. The molecule has 0 saturated carbocycles. The highest BCUT2D eigenvalue weighted by atomic mass is 32.1. The van der Waals surface area contributed by atoms with E-state index in [1.807, 2.05) is 6.92 Å². The van der Waals surface area contributed by atoms with Crippen molar-refractivity contribution in [2.75, 3.05) is 19.6 Å². The van der Waals surface area contributed by atoms with Gasteiger partial charge in [-0.3, -0.25) is 0 Å². The van der Waals surface area contributed by atoms with E-state index in [4.69, 9.17) is 5.73 Å². The van der Waals surface area contributed by atoms with Gasteiger partial charge in [0.1, 0.15) is 16.4 Å². The fourth-order valence-electron chi connectivity index (χ4n) is 2.54. The number of benzene rings is 1. The maximum absolute atomic E-state index is 13.3. The molecule has 1 atom stereocenters. The summed E-state index contributed by atoms with van der Waals surface area (Å²) >= 11 is 1.47. The summed E-state index contributed by atoms with van der Waals surface area (Å²) < 4.78 is 14.2. The number of nitrogens with one attached hydrogen (secondary N) is 1. The van der Waals surface area contributed by atoms with Crippen molar-refractivity contribution in [3.8, 4) is 0 Å². The van der Waals surface area contributed by atoms with Crippen LogP contribution in [0.5, 0.6) is 0 Å². The monoisotopic (exact) mass is 294 g/mol. The number of carbonyl (C=O) groups is 1. The minimum Gasteiger partial charge on any atom is -0.351 e. The summed E-state index contributed by atoms with van der Waals surface area (Å²) in [5.41, 5.74) is 5.49. The van der Waals surface area contributed by atoms with Crippen LogP contribution in [-0.4, -0.2) is 35.5 Å². The van der Waals surface area contributed by atoms with Crippen LogP contribution >= 0.6 is 11.3 Å². The first-order valence-corrected chi connectivity index (χ1v) is 7.17. The average molecular weight is 294 g/mol. The minimum atomic E-state index is -0.593. The molecule has 1 aromatic heterocycles. The number of nitrogens with zero attached hydrogens (tertiary/aromatic N) is 2. The molecule has 2 aromatic rings. The molecular formula is C13H15FN4OS. The molecule has 1 aromatic carbocycles. The highest BCUT2D eigenvalue weighted by molar-refractivity contribution is 7.18. The van der Waals surface area contributed by atoms with Crippen molar-refractivity contribution in [3.63, 3.8) is 0 Å². The molecule has 1 aliphatic rings. The van der Waals surface area contributed by atoms with Crippen LogP contribution in [0.1, 0.15) is 11.9 Å². The van der Waals surface area contributed by atoms with Crippen LogP contribution in [0.2, 0.25) is 0 Å². The first kappa shape index (κ1) is 13.3. The fraction of sp³-hybridized carbons (Fsp3) is 0.385. The van der Waals surface area contributed by atoms with Gasteiger partial charge in [0.25, 0.3) is 0 Å². The lowest BCUT2D eigenvalue weighted by molar-refractivity contribution is 0.106. The summed E-state index contributed by atoms with van der Waals surface area (Å²) in [4.78, 5) is 17.8. The lowest BCUT2D eigenvalue weighted by Crippen LogP contribution is -2.60. The van der Waals surface area contributed by atoms with Gasteiger partial charge in [-0.05, 0) is 19.1 Å². The zero-order valence-electron chi connectivity index (χ0n) is 11.0. The molecule has 1 aliphatic heterocycles. The Bertz CT molecular complexity index is 673. The predicted molar refractivity (Wildman–Crippen MR) is 76.1 cm³/mol. The van der Waals surface area contributed by atoms with E-state index in [0.717, 1.165) is 9.71 Å². The van der Waals surface area contributed by atoms with E-state index in [9.17, 15) is 9.18 Å². The summed E-state index contributed by atoms with van der Waals surface area (Å²) in [7, 11) is 0. The summed E-state index contributed by atoms with van der Waals surface area (Å²) in [6.07, 6.45) is 0. The number of hydrogen-bond acceptors (Lipinski definition) is 4. The fourth-order valence-corrected chi connectivity index (χ4v) is 3.64. The second-order valence-corrected chi connectivity index (χ2v) is 6.10. The average Bonchev–Trinajstić information content (AvgIpc) is 2.82. The Kier molecular flexibility index (Phi) is 3.10. The van der Waals surface area contributed by atoms with Crippen LogP contribution in [-0.2, 0) is 5.54 Å². The number of nitrogens with two attached hydrogens (primary N) is 1. The maximum Gasteiger partial charge on any atom is 0.315 e. The van der Waals surface area contributed by atoms with Gasteiger partial charge < -0.3 is 16.0 Å². The Morgan fingerprint density at radius 2 is 2.40 bits per heavy atom. The van der Waals surface area contributed by atoms with Crippen molar-refractivity contribution in [1.82, 2.24) is 15.2 Å². The van der Waals surface area contributed by atoms with Crippen molar-refractivity contribution in [2.45, 2.75) is 12.5 Å². The molecular weight excluding hydrogens is 279 g/mol. The predicted octanol–water partition coefficient (Wildman–Crippen LogP) is 1.63. The molecule has 1 fully saturated rings. The van der Waals surface area contributed by atoms with Gasteiger partial charge in [-0.2, -0.15) is 0 Å². The van der Waals surface area contributed by atoms with Gasteiger partial charge in [0, 0.05) is 25.7 Å². The van der Waals surface area contributed by atoms with Gasteiger partial charge in [0.05, 0.1) is 10.2 Å². The van der Waals surface area contributed by atoms with E-state index < -0.39 is 11.6 Å². The molecule has 1 saturated heterocycles. The van der Waals surface area contributed by atoms with E-state index in [1.165, 1.54) is 23.5 Å². The number of rotatable bonds is 1. The second kappa shape index (κ2) is 4.68. The third-order valence-electron chi connectivity index (χ3n) is 3.65. The number of halogens is 1. The molecule has 0 aliphatic carbocycles. The zero-order chi connectivity index (χ0) is 14.3. The first-order valence-electron chi connectivity index (χ1n) is 6.35. The number of piperazine rings is 1. The number of hydrogen-bond donors (Lipinski definition) is 2. The van der Waals surface area contributed by atoms with E-state index in [-0.39, 0.29) is 5.82 Å². The number of urea groups is 1. The third-order valence-corrected chi connectivity index (χ3v) is 4.94. The number of primary amides is 1. The minimum absolute atomic E-state index is 0.312. The van der Waals surface area contributed by atoms with Gasteiger partial charge in [-0.1, -0.05) is 0 Å². The normalized spacial score (nSPS) is 23.2. The van der Waals surface area contributed by atoms with Crippen molar-refractivity contribution < 1.29 is 9.18 Å². The number of fused-ring (bicyclic) bond motifs is 1. The van der Waals surface area contributed by atoms with Gasteiger partial charge in [0.2, 0.25) is 0 Å². The van der Waals surface area contributed by atoms with E-state index in [2.05, 4.69) is 10.3 Å². The lowest BCUT2D eigenvalue weighted by Gasteiger charge is -2.42. The van der Waals surface area contributed by atoms with Crippen LogP contribution in [0, 0.1) is 5.82 Å². The van der Waals surface area contributed by atoms with Gasteiger partial charge in [0.15, 0.2) is 0 Å². The van der Waals surface area contributed by atoms with Crippen molar-refractivity contribution in [1.29, 1.82) is 0 Å². The van der Waals surface area contributed by atoms with Gasteiger partial charge in [-0.15, -0.1) is 11.3 Å². The van der Waals surface area contributed by atoms with Crippen molar-refractivity contribution >= 4 is 27.6 Å². The largest absolute Gasteiger partial charge is 0.351 e. The quantitative estimate of drug-likeness (QED) is 0.840. The number of thiazole rings is 1. The Labute approximate surface area is 119 Å². The van der Waals surface area contributed by atoms with E-state index >= 15 is 0 Å². The molecule has 0 radical (unpaired) electrons. The maximum atomic E-state index is 13.3. The summed E-state index contributed by atoms with van der Waals surface area (Å²) in [5, 5.41) is 4.03. The molecule has 3 N–H and O–H groups in total. The smallest absolute Gasteiger partial charge is 0.315 e. The van der Waals surface area contributed by atoms with Crippen LogP contribution in [0.3, 0.4) is 0 Å². The molecule has 106 valence electrons. The highest BCUT2D eigenvalue weighted by Crippen LogP contribution is 2.35. The molecule has 1 unspecified atom stereocenters. The lowest BCUT2D eigenvalue weighted by atomic mass is 9.98. The topological polar surface area (TPSA) is 71.2 Å². The number of carbonyl (C=O) groups excluding carboxylic acids is 1. The summed E-state index contributed by atoms with van der Waals surface area (Å²) in [6, 6.07) is 4.07. The van der Waals surface area contributed by atoms with Crippen LogP contribution in [0.25, 0.3) is 10.2 Å². The van der Waals surface area contributed by atoms with Crippen LogP contribution in [0.15, 0.2) is 18.2 Å². The molecule has 0 bridgehead atoms. The zero-order valence-corrected chi connectivity index (χ0v) is 11.8.